The van der Waals surface area contributed by atoms with Gasteiger partial charge in [0, 0.05) is 0 Å². The molecule has 0 unspecified atom stereocenters. The zero-order valence-electron chi connectivity index (χ0n) is 22.1. The number of hydrogen-bond acceptors (Lipinski definition) is 2. The molecule has 184 valence electrons. The third kappa shape index (κ3) is 7.27. The monoisotopic (exact) mass is 642 g/mol. The molecule has 0 amide bonds. The number of halogens is 2. The van der Waals surface area contributed by atoms with Gasteiger partial charge in [0.2, 0.25) is 0 Å². The first kappa shape index (κ1) is 28.8. The third-order valence-corrected chi connectivity index (χ3v) is 20.6. The summed E-state index contributed by atoms with van der Waals surface area (Å²) < 4.78 is 16.2. The third-order valence-electron chi connectivity index (χ3n) is 6.89. The summed E-state index contributed by atoms with van der Waals surface area (Å²) in [5.74, 6) is 1.85. The maximum absolute atomic E-state index is 6.52. The molecule has 0 aliphatic rings. The zero-order valence-corrected chi connectivity index (χ0v) is 27.4. The standard InChI is InChI=1S/C28H42Br2GeO2/c1-19(2)31(20(3)4,17-32-25-13-11-21(15-23(25)29)27(5,6)7)18-33-26-14-12-22(16-24(26)30)28(8,9)10/h11-16,19-20H,17-18H2,1-10H3. The van der Waals surface area contributed by atoms with Gasteiger partial charge in [-0.2, -0.15) is 0 Å². The summed E-state index contributed by atoms with van der Waals surface area (Å²) in [5, 5.41) is 0. The molecule has 2 nitrogen and oxygen atoms in total. The number of rotatable bonds is 8. The number of ether oxygens (including phenoxy) is 2. The Hall–Kier alpha value is -0.457. The van der Waals surface area contributed by atoms with Crippen molar-refractivity contribution < 1.29 is 9.47 Å². The Balaban J connectivity index is 2.24. The summed E-state index contributed by atoms with van der Waals surface area (Å²) >= 11 is 4.91. The topological polar surface area (TPSA) is 18.5 Å². The quantitative estimate of drug-likeness (QED) is 0.267. The van der Waals surface area contributed by atoms with Crippen LogP contribution >= 0.6 is 31.9 Å². The van der Waals surface area contributed by atoms with Crippen LogP contribution in [0.4, 0.5) is 0 Å². The molecule has 0 saturated heterocycles. The zero-order chi connectivity index (χ0) is 25.2. The first-order chi connectivity index (χ1) is 15.1. The van der Waals surface area contributed by atoms with Crippen LogP contribution in [0.1, 0.15) is 80.4 Å². The molecule has 5 heteroatoms. The van der Waals surface area contributed by atoms with E-state index in [0.717, 1.165) is 31.3 Å². The van der Waals surface area contributed by atoms with Crippen molar-refractivity contribution in [2.24, 2.45) is 0 Å². The van der Waals surface area contributed by atoms with Gasteiger partial charge in [0.25, 0.3) is 0 Å². The second kappa shape index (κ2) is 11.1. The molecular weight excluding hydrogens is 601 g/mol. The van der Waals surface area contributed by atoms with Crippen LogP contribution in [-0.4, -0.2) is 24.1 Å². The van der Waals surface area contributed by atoms with E-state index in [9.17, 15) is 0 Å². The van der Waals surface area contributed by atoms with E-state index in [0.29, 0.717) is 9.50 Å². The van der Waals surface area contributed by atoms with Crippen molar-refractivity contribution in [1.29, 1.82) is 0 Å². The average Bonchev–Trinajstić information content (AvgIpc) is 2.67. The Bertz CT molecular complexity index is 862. The second-order valence-corrected chi connectivity index (χ2v) is 24.9. The fourth-order valence-corrected chi connectivity index (χ4v) is 12.5. The van der Waals surface area contributed by atoms with Gasteiger partial charge in [-0.1, -0.05) is 0 Å². The van der Waals surface area contributed by atoms with E-state index in [2.05, 4.69) is 137 Å². The van der Waals surface area contributed by atoms with Crippen molar-refractivity contribution in [3.63, 3.8) is 0 Å². The molecule has 0 saturated carbocycles. The van der Waals surface area contributed by atoms with Gasteiger partial charge in [0.1, 0.15) is 0 Å². The summed E-state index contributed by atoms with van der Waals surface area (Å²) in [6.45, 7) is 22.8. The van der Waals surface area contributed by atoms with E-state index in [4.69, 9.17) is 9.47 Å². The molecule has 0 heterocycles. The Morgan fingerprint density at radius 2 is 1.00 bits per heavy atom. The fraction of sp³-hybridized carbons (Fsp3) is 0.571. The van der Waals surface area contributed by atoms with Crippen LogP contribution in [-0.2, 0) is 10.8 Å². The SMILES string of the molecule is C[CH](C)[Ge]([CH2]Oc1ccc(C(C)(C)C)cc1Br)([CH2]Oc1ccc(C(C)(C)C)cc1Br)[CH](C)C. The van der Waals surface area contributed by atoms with E-state index in [1.165, 1.54) is 11.1 Å². The van der Waals surface area contributed by atoms with Crippen molar-refractivity contribution >= 4 is 45.1 Å². The van der Waals surface area contributed by atoms with E-state index in [1.54, 1.807) is 0 Å². The Morgan fingerprint density at radius 3 is 1.24 bits per heavy atom. The molecule has 0 N–H and O–H groups in total. The van der Waals surface area contributed by atoms with Crippen LogP contribution in [0.15, 0.2) is 45.3 Å². The molecule has 0 aliphatic heterocycles. The molecule has 0 bridgehead atoms. The van der Waals surface area contributed by atoms with Crippen LogP contribution < -0.4 is 9.47 Å². The van der Waals surface area contributed by atoms with Crippen LogP contribution in [0.25, 0.3) is 0 Å². The van der Waals surface area contributed by atoms with Crippen molar-refractivity contribution in [3.8, 4) is 11.5 Å². The molecule has 0 atom stereocenters. The molecule has 2 rings (SSSR count). The van der Waals surface area contributed by atoms with Gasteiger partial charge in [0.15, 0.2) is 0 Å². The Labute approximate surface area is 221 Å². The van der Waals surface area contributed by atoms with Gasteiger partial charge in [-0.25, -0.2) is 0 Å². The summed E-state index contributed by atoms with van der Waals surface area (Å²) in [4.78, 5) is 0. The minimum absolute atomic E-state index is 0.113. The molecule has 0 radical (unpaired) electrons. The van der Waals surface area contributed by atoms with Gasteiger partial charge in [-0.05, 0) is 0 Å². The van der Waals surface area contributed by atoms with Gasteiger partial charge in [0.05, 0.1) is 0 Å². The van der Waals surface area contributed by atoms with Crippen LogP contribution in [0.2, 0.25) is 9.50 Å². The van der Waals surface area contributed by atoms with Crippen molar-refractivity contribution in [1.82, 2.24) is 0 Å². The summed E-state index contributed by atoms with van der Waals surface area (Å²) in [5.41, 5.74) is 4.38. The molecule has 2 aromatic rings. The van der Waals surface area contributed by atoms with E-state index < -0.39 is 13.3 Å². The Kier molecular flexibility index (Phi) is 9.66. The first-order valence-electron chi connectivity index (χ1n) is 11.9. The van der Waals surface area contributed by atoms with Gasteiger partial charge in [-0.3, -0.25) is 0 Å². The predicted octanol–water partition coefficient (Wildman–Crippen LogP) is 9.61. The molecule has 2 aromatic carbocycles. The number of hydrogen-bond donors (Lipinski definition) is 0. The fourth-order valence-electron chi connectivity index (χ4n) is 3.97. The molecule has 0 aromatic heterocycles. The summed E-state index contributed by atoms with van der Waals surface area (Å²) in [7, 11) is 0. The van der Waals surface area contributed by atoms with Crippen LogP contribution in [0, 0.1) is 0 Å². The first-order valence-corrected chi connectivity index (χ1v) is 18.9. The summed E-state index contributed by atoms with van der Waals surface area (Å²) in [6, 6.07) is 13.0. The van der Waals surface area contributed by atoms with Gasteiger partial charge >= 0.3 is 223 Å². The van der Waals surface area contributed by atoms with Crippen LogP contribution in [0.5, 0.6) is 11.5 Å². The van der Waals surface area contributed by atoms with Crippen molar-refractivity contribution in [3.05, 3.63) is 56.5 Å². The van der Waals surface area contributed by atoms with Gasteiger partial charge in [-0.15, -0.1) is 0 Å². The Morgan fingerprint density at radius 1 is 0.667 bits per heavy atom. The minimum atomic E-state index is -2.58. The molecule has 0 spiro atoms. The summed E-state index contributed by atoms with van der Waals surface area (Å²) in [6.07, 6.45) is 0. The van der Waals surface area contributed by atoms with Crippen molar-refractivity contribution in [2.45, 2.75) is 89.6 Å². The van der Waals surface area contributed by atoms with Gasteiger partial charge < -0.3 is 0 Å². The molecule has 0 aliphatic carbocycles. The van der Waals surface area contributed by atoms with Crippen molar-refractivity contribution in [2.75, 3.05) is 10.9 Å². The molecule has 0 fully saturated rings. The van der Waals surface area contributed by atoms with E-state index in [1.807, 2.05) is 0 Å². The maximum atomic E-state index is 6.52. The average molecular weight is 643 g/mol. The molecular formula is C28H42Br2GeO2. The number of benzene rings is 2. The predicted molar refractivity (Wildman–Crippen MR) is 153 cm³/mol. The van der Waals surface area contributed by atoms with E-state index >= 15 is 0 Å². The second-order valence-electron chi connectivity index (χ2n) is 11.9. The molecule has 33 heavy (non-hydrogen) atoms. The van der Waals surface area contributed by atoms with Crippen LogP contribution in [0.3, 0.4) is 0 Å². The van der Waals surface area contributed by atoms with E-state index in [-0.39, 0.29) is 10.8 Å². The normalized spacial score (nSPS) is 13.0.